The Morgan fingerprint density at radius 3 is 2.76 bits per heavy atom. The zero-order chi connectivity index (χ0) is 17.7. The SMILES string of the molecule is CCOC(=O)c1cnn(-c2cccc(NC(=O)CC(C)N)c2)c1C.Cl. The van der Waals surface area contributed by atoms with Gasteiger partial charge in [0.15, 0.2) is 0 Å². The quantitative estimate of drug-likeness (QED) is 0.765. The summed E-state index contributed by atoms with van der Waals surface area (Å²) in [5, 5.41) is 7.04. The Morgan fingerprint density at radius 2 is 2.12 bits per heavy atom. The van der Waals surface area contributed by atoms with Crippen LogP contribution in [-0.2, 0) is 9.53 Å². The van der Waals surface area contributed by atoms with Crippen LogP contribution in [0.15, 0.2) is 30.5 Å². The fourth-order valence-corrected chi connectivity index (χ4v) is 2.30. The number of anilines is 1. The minimum Gasteiger partial charge on any atom is -0.462 e. The van der Waals surface area contributed by atoms with E-state index in [1.165, 1.54) is 6.20 Å². The average molecular weight is 367 g/mol. The third-order valence-corrected chi connectivity index (χ3v) is 3.39. The molecule has 0 bridgehead atoms. The van der Waals surface area contributed by atoms with Gasteiger partial charge in [0.05, 0.1) is 24.2 Å². The molecule has 0 aliphatic carbocycles. The Morgan fingerprint density at radius 1 is 1.40 bits per heavy atom. The number of benzene rings is 1. The van der Waals surface area contributed by atoms with Gasteiger partial charge >= 0.3 is 5.97 Å². The predicted molar refractivity (Wildman–Crippen MR) is 98.4 cm³/mol. The normalized spacial score (nSPS) is 11.4. The van der Waals surface area contributed by atoms with E-state index in [0.29, 0.717) is 23.6 Å². The first-order valence-electron chi connectivity index (χ1n) is 7.80. The monoisotopic (exact) mass is 366 g/mol. The van der Waals surface area contributed by atoms with Crippen LogP contribution in [0.4, 0.5) is 5.69 Å². The summed E-state index contributed by atoms with van der Waals surface area (Å²) in [4.78, 5) is 23.7. The summed E-state index contributed by atoms with van der Waals surface area (Å²) < 4.78 is 6.64. The molecule has 1 amide bonds. The third-order valence-electron chi connectivity index (χ3n) is 3.39. The van der Waals surface area contributed by atoms with Crippen molar-refractivity contribution in [3.05, 3.63) is 41.7 Å². The van der Waals surface area contributed by atoms with Crippen LogP contribution >= 0.6 is 12.4 Å². The summed E-state index contributed by atoms with van der Waals surface area (Å²) in [5.41, 5.74) is 8.10. The lowest BCUT2D eigenvalue weighted by atomic mass is 10.2. The summed E-state index contributed by atoms with van der Waals surface area (Å²) in [7, 11) is 0. The largest absolute Gasteiger partial charge is 0.462 e. The molecule has 1 aromatic carbocycles. The summed E-state index contributed by atoms with van der Waals surface area (Å²) in [6.45, 7) is 5.64. The topological polar surface area (TPSA) is 99.2 Å². The maximum atomic E-state index is 11.9. The van der Waals surface area contributed by atoms with Crippen molar-refractivity contribution in [2.45, 2.75) is 33.2 Å². The Labute approximate surface area is 152 Å². The van der Waals surface area contributed by atoms with Gasteiger partial charge in [0.2, 0.25) is 5.91 Å². The van der Waals surface area contributed by atoms with E-state index in [9.17, 15) is 9.59 Å². The fraction of sp³-hybridized carbons (Fsp3) is 0.353. The van der Waals surface area contributed by atoms with Crippen molar-refractivity contribution >= 4 is 30.0 Å². The highest BCUT2D eigenvalue weighted by Gasteiger charge is 2.16. The van der Waals surface area contributed by atoms with Gasteiger partial charge in [-0.05, 0) is 39.0 Å². The van der Waals surface area contributed by atoms with Crippen molar-refractivity contribution in [1.82, 2.24) is 9.78 Å². The second-order valence-corrected chi connectivity index (χ2v) is 5.56. The molecule has 0 aliphatic heterocycles. The molecule has 0 saturated heterocycles. The van der Waals surface area contributed by atoms with Crippen LogP contribution in [0.5, 0.6) is 0 Å². The number of hydrogen-bond acceptors (Lipinski definition) is 5. The molecule has 0 saturated carbocycles. The molecule has 1 unspecified atom stereocenters. The second-order valence-electron chi connectivity index (χ2n) is 5.56. The van der Waals surface area contributed by atoms with Crippen LogP contribution in [0.1, 0.15) is 36.3 Å². The number of esters is 1. The van der Waals surface area contributed by atoms with Gasteiger partial charge in [0.25, 0.3) is 0 Å². The molecule has 0 radical (unpaired) electrons. The summed E-state index contributed by atoms with van der Waals surface area (Å²) in [6.07, 6.45) is 1.73. The smallest absolute Gasteiger partial charge is 0.341 e. The lowest BCUT2D eigenvalue weighted by Crippen LogP contribution is -2.24. The fourth-order valence-electron chi connectivity index (χ4n) is 2.30. The highest BCUT2D eigenvalue weighted by atomic mass is 35.5. The van der Waals surface area contributed by atoms with Crippen LogP contribution in [-0.4, -0.2) is 34.3 Å². The molecule has 2 rings (SSSR count). The van der Waals surface area contributed by atoms with Gasteiger partial charge < -0.3 is 15.8 Å². The Kier molecular flexibility index (Phi) is 7.60. The number of halogens is 1. The van der Waals surface area contributed by atoms with Crippen LogP contribution in [0.3, 0.4) is 0 Å². The number of carbonyl (C=O) groups is 2. The Balaban J connectivity index is 0.00000312. The number of nitrogens with one attached hydrogen (secondary N) is 1. The number of hydrogen-bond donors (Lipinski definition) is 2. The number of rotatable bonds is 6. The number of amides is 1. The molecule has 25 heavy (non-hydrogen) atoms. The molecule has 0 spiro atoms. The molecule has 7 nitrogen and oxygen atoms in total. The van der Waals surface area contributed by atoms with Crippen LogP contribution < -0.4 is 11.1 Å². The molecular formula is C17H23ClN4O3. The molecule has 0 fully saturated rings. The van der Waals surface area contributed by atoms with E-state index in [1.807, 2.05) is 12.1 Å². The van der Waals surface area contributed by atoms with Gasteiger partial charge in [-0.3, -0.25) is 4.79 Å². The third kappa shape index (κ3) is 5.30. The van der Waals surface area contributed by atoms with Crippen molar-refractivity contribution in [3.8, 4) is 5.69 Å². The van der Waals surface area contributed by atoms with Crippen LogP contribution in [0, 0.1) is 6.92 Å². The molecule has 1 atom stereocenters. The van der Waals surface area contributed by atoms with E-state index in [1.54, 1.807) is 37.6 Å². The predicted octanol–water partition coefficient (Wildman–Crippen LogP) is 2.46. The van der Waals surface area contributed by atoms with E-state index in [-0.39, 0.29) is 30.8 Å². The van der Waals surface area contributed by atoms with E-state index >= 15 is 0 Å². The van der Waals surface area contributed by atoms with Gasteiger partial charge in [-0.2, -0.15) is 5.10 Å². The van der Waals surface area contributed by atoms with Crippen molar-refractivity contribution in [2.75, 3.05) is 11.9 Å². The average Bonchev–Trinajstić information content (AvgIpc) is 2.88. The van der Waals surface area contributed by atoms with Crippen molar-refractivity contribution in [1.29, 1.82) is 0 Å². The molecule has 1 aromatic heterocycles. The zero-order valence-electron chi connectivity index (χ0n) is 14.5. The highest BCUT2D eigenvalue weighted by molar-refractivity contribution is 5.92. The summed E-state index contributed by atoms with van der Waals surface area (Å²) >= 11 is 0. The maximum absolute atomic E-state index is 11.9. The first-order valence-corrected chi connectivity index (χ1v) is 7.80. The number of carbonyl (C=O) groups excluding carboxylic acids is 2. The number of nitrogens with zero attached hydrogens (tertiary/aromatic N) is 2. The first kappa shape index (κ1) is 20.7. The van der Waals surface area contributed by atoms with Gasteiger partial charge in [-0.25, -0.2) is 9.48 Å². The minimum absolute atomic E-state index is 0. The van der Waals surface area contributed by atoms with E-state index in [4.69, 9.17) is 10.5 Å². The molecule has 8 heteroatoms. The van der Waals surface area contributed by atoms with Crippen LogP contribution in [0.2, 0.25) is 0 Å². The number of ether oxygens (including phenoxy) is 1. The van der Waals surface area contributed by atoms with Crippen molar-refractivity contribution in [2.24, 2.45) is 5.73 Å². The van der Waals surface area contributed by atoms with Gasteiger partial charge in [-0.15, -0.1) is 12.4 Å². The lowest BCUT2D eigenvalue weighted by molar-refractivity contribution is -0.116. The van der Waals surface area contributed by atoms with Gasteiger partial charge in [0, 0.05) is 18.2 Å². The minimum atomic E-state index is -0.400. The van der Waals surface area contributed by atoms with Crippen molar-refractivity contribution < 1.29 is 14.3 Å². The molecule has 3 N–H and O–H groups in total. The zero-order valence-corrected chi connectivity index (χ0v) is 15.3. The molecule has 2 aromatic rings. The lowest BCUT2D eigenvalue weighted by Gasteiger charge is -2.10. The Bertz CT molecular complexity index is 743. The highest BCUT2D eigenvalue weighted by Crippen LogP contribution is 2.18. The molecule has 1 heterocycles. The molecule has 0 aliphatic rings. The standard InChI is InChI=1S/C17H22N4O3.ClH/c1-4-24-17(23)15-10-19-21(12(15)3)14-7-5-6-13(9-14)20-16(22)8-11(2)18;/h5-7,9-11H,4,8,18H2,1-3H3,(H,20,22);1H. The molecular weight excluding hydrogens is 344 g/mol. The first-order chi connectivity index (χ1) is 11.4. The maximum Gasteiger partial charge on any atom is 0.341 e. The van der Waals surface area contributed by atoms with Gasteiger partial charge in [0.1, 0.15) is 5.56 Å². The summed E-state index contributed by atoms with van der Waals surface area (Å²) in [5.74, 6) is -0.547. The van der Waals surface area contributed by atoms with Crippen molar-refractivity contribution in [3.63, 3.8) is 0 Å². The van der Waals surface area contributed by atoms with Crippen LogP contribution in [0.25, 0.3) is 5.69 Å². The molecule has 136 valence electrons. The van der Waals surface area contributed by atoms with E-state index in [2.05, 4.69) is 10.4 Å². The number of nitrogens with two attached hydrogens (primary N) is 1. The van der Waals surface area contributed by atoms with E-state index < -0.39 is 5.97 Å². The summed E-state index contributed by atoms with van der Waals surface area (Å²) in [6, 6.07) is 7.02. The Hall–Kier alpha value is -2.38. The van der Waals surface area contributed by atoms with Gasteiger partial charge in [-0.1, -0.05) is 6.07 Å². The number of aromatic nitrogens is 2. The van der Waals surface area contributed by atoms with E-state index in [0.717, 1.165) is 5.69 Å². The second kappa shape index (κ2) is 9.19.